The maximum absolute atomic E-state index is 12.2. The van der Waals surface area contributed by atoms with Gasteiger partial charge in [0.15, 0.2) is 0 Å². The van der Waals surface area contributed by atoms with Crippen LogP contribution in [0.25, 0.3) is 0 Å². The molecule has 0 radical (unpaired) electrons. The molecule has 0 unspecified atom stereocenters. The molecule has 2 aromatic rings. The lowest BCUT2D eigenvalue weighted by Gasteiger charge is -2.14. The summed E-state index contributed by atoms with van der Waals surface area (Å²) in [6, 6.07) is 12.4. The Morgan fingerprint density at radius 2 is 1.79 bits per heavy atom. The molecule has 0 spiro atoms. The van der Waals surface area contributed by atoms with E-state index >= 15 is 0 Å². The predicted octanol–water partition coefficient (Wildman–Crippen LogP) is 2.57. The molecule has 9 heteroatoms. The molecule has 0 aliphatic carbocycles. The van der Waals surface area contributed by atoms with Gasteiger partial charge >= 0.3 is 0 Å². The third kappa shape index (κ3) is 6.43. The fourth-order valence-corrected chi connectivity index (χ4v) is 3.93. The van der Waals surface area contributed by atoms with Crippen LogP contribution in [-0.2, 0) is 19.6 Å². The van der Waals surface area contributed by atoms with Crippen molar-refractivity contribution in [3.05, 3.63) is 58.6 Å². The Morgan fingerprint density at radius 3 is 2.46 bits per heavy atom. The molecule has 0 aliphatic heterocycles. The van der Waals surface area contributed by atoms with E-state index in [4.69, 9.17) is 0 Å². The number of aryl methyl sites for hydroxylation is 1. The summed E-state index contributed by atoms with van der Waals surface area (Å²) in [5, 5.41) is 5.35. The molecule has 150 valence electrons. The van der Waals surface area contributed by atoms with E-state index in [1.807, 2.05) is 19.1 Å². The van der Waals surface area contributed by atoms with Gasteiger partial charge < -0.3 is 10.6 Å². The molecule has 0 aliphatic rings. The quantitative estimate of drug-likeness (QED) is 0.554. The maximum atomic E-state index is 12.2. The van der Waals surface area contributed by atoms with Gasteiger partial charge in [-0.15, -0.1) is 0 Å². The molecule has 0 fully saturated rings. The molecular weight excluding hydrogens is 446 g/mol. The number of nitrogens with one attached hydrogen (secondary N) is 3. The van der Waals surface area contributed by atoms with Gasteiger partial charge in [0.2, 0.25) is 21.8 Å². The lowest BCUT2D eigenvalue weighted by Crippen LogP contribution is -2.45. The highest BCUT2D eigenvalue weighted by Gasteiger charge is 2.21. The van der Waals surface area contributed by atoms with Crippen molar-refractivity contribution < 1.29 is 18.0 Å². The lowest BCUT2D eigenvalue weighted by atomic mass is 10.2. The number of anilines is 1. The zero-order valence-corrected chi connectivity index (χ0v) is 17.9. The first-order valence-corrected chi connectivity index (χ1v) is 10.9. The zero-order valence-electron chi connectivity index (χ0n) is 15.5. The zero-order chi connectivity index (χ0) is 20.7. The highest BCUT2D eigenvalue weighted by atomic mass is 79.9. The van der Waals surface area contributed by atoms with Crippen LogP contribution in [0.3, 0.4) is 0 Å². The Hall–Kier alpha value is -2.23. The molecule has 1 atom stereocenters. The molecule has 0 heterocycles. The van der Waals surface area contributed by atoms with E-state index in [1.54, 1.807) is 24.3 Å². The normalized spacial score (nSPS) is 12.2. The Balaban J connectivity index is 1.81. The first kappa shape index (κ1) is 22.1. The number of hydrogen-bond donors (Lipinski definition) is 3. The minimum absolute atomic E-state index is 0.0653. The monoisotopic (exact) mass is 467 g/mol. The first-order chi connectivity index (χ1) is 13.2. The third-order valence-electron chi connectivity index (χ3n) is 3.90. The van der Waals surface area contributed by atoms with E-state index in [1.165, 1.54) is 19.1 Å². The Kier molecular flexibility index (Phi) is 7.73. The van der Waals surface area contributed by atoms with Crippen molar-refractivity contribution in [3.63, 3.8) is 0 Å². The summed E-state index contributed by atoms with van der Waals surface area (Å²) in [5.41, 5.74) is 1.61. The molecule has 7 nitrogen and oxygen atoms in total. The van der Waals surface area contributed by atoms with Gasteiger partial charge in [0.1, 0.15) is 0 Å². The standard InChI is InChI=1S/C19H22BrN3O4S/c1-13-8-9-15(20)12-17(13)22-18(24)10-11-21-19(25)14(2)23-28(26,27)16-6-4-3-5-7-16/h3-9,12,14,23H,10-11H2,1-2H3,(H,21,25)(H,22,24)/t14-/m0/s1. The summed E-state index contributed by atoms with van der Waals surface area (Å²) >= 11 is 3.35. The predicted molar refractivity (Wildman–Crippen MR) is 111 cm³/mol. The van der Waals surface area contributed by atoms with E-state index in [0.717, 1.165) is 10.0 Å². The van der Waals surface area contributed by atoms with Crippen LogP contribution < -0.4 is 15.4 Å². The highest BCUT2D eigenvalue weighted by molar-refractivity contribution is 9.10. The molecule has 0 bridgehead atoms. The number of benzene rings is 2. The van der Waals surface area contributed by atoms with E-state index in [2.05, 4.69) is 31.3 Å². The molecule has 0 aromatic heterocycles. The summed E-state index contributed by atoms with van der Waals surface area (Å²) < 4.78 is 27.6. The number of halogens is 1. The summed E-state index contributed by atoms with van der Waals surface area (Å²) in [6.07, 6.45) is 0.0653. The average Bonchev–Trinajstić information content (AvgIpc) is 2.65. The van der Waals surface area contributed by atoms with Crippen LogP contribution in [0.2, 0.25) is 0 Å². The van der Waals surface area contributed by atoms with E-state index in [-0.39, 0.29) is 23.8 Å². The topological polar surface area (TPSA) is 104 Å². The van der Waals surface area contributed by atoms with Crippen LogP contribution >= 0.6 is 15.9 Å². The number of amides is 2. The van der Waals surface area contributed by atoms with Crippen LogP contribution in [0.1, 0.15) is 18.9 Å². The second-order valence-electron chi connectivity index (χ2n) is 6.20. The van der Waals surface area contributed by atoms with Crippen LogP contribution in [0.4, 0.5) is 5.69 Å². The van der Waals surface area contributed by atoms with Crippen molar-refractivity contribution >= 4 is 43.5 Å². The Bertz CT molecular complexity index is 949. The van der Waals surface area contributed by atoms with Crippen molar-refractivity contribution in [3.8, 4) is 0 Å². The number of sulfonamides is 1. The average molecular weight is 468 g/mol. The number of carbonyl (C=O) groups is 2. The molecular formula is C19H22BrN3O4S. The fourth-order valence-electron chi connectivity index (χ4n) is 2.35. The fraction of sp³-hybridized carbons (Fsp3) is 0.263. The van der Waals surface area contributed by atoms with Gasteiger partial charge in [0, 0.05) is 23.1 Å². The van der Waals surface area contributed by atoms with Crippen LogP contribution in [-0.4, -0.2) is 32.8 Å². The van der Waals surface area contributed by atoms with Crippen molar-refractivity contribution in [2.24, 2.45) is 0 Å². The van der Waals surface area contributed by atoms with Gasteiger partial charge in [-0.05, 0) is 43.7 Å². The molecule has 3 N–H and O–H groups in total. The number of rotatable bonds is 8. The summed E-state index contributed by atoms with van der Waals surface area (Å²) in [6.45, 7) is 3.42. The van der Waals surface area contributed by atoms with Crippen LogP contribution in [0.15, 0.2) is 57.9 Å². The Morgan fingerprint density at radius 1 is 1.11 bits per heavy atom. The molecule has 28 heavy (non-hydrogen) atoms. The van der Waals surface area contributed by atoms with Gasteiger partial charge in [0.05, 0.1) is 10.9 Å². The number of carbonyl (C=O) groups excluding carboxylic acids is 2. The first-order valence-electron chi connectivity index (χ1n) is 8.60. The largest absolute Gasteiger partial charge is 0.354 e. The van der Waals surface area contributed by atoms with Gasteiger partial charge in [0.25, 0.3) is 0 Å². The summed E-state index contributed by atoms with van der Waals surface area (Å²) in [7, 11) is -3.79. The van der Waals surface area contributed by atoms with Gasteiger partial charge in [-0.3, -0.25) is 9.59 Å². The van der Waals surface area contributed by atoms with Crippen molar-refractivity contribution in [2.75, 3.05) is 11.9 Å². The molecule has 2 amide bonds. The van der Waals surface area contributed by atoms with Crippen LogP contribution in [0, 0.1) is 6.92 Å². The summed E-state index contributed by atoms with van der Waals surface area (Å²) in [4.78, 5) is 24.2. The molecule has 2 rings (SSSR count). The SMILES string of the molecule is Cc1ccc(Br)cc1NC(=O)CCNC(=O)[C@H](C)NS(=O)(=O)c1ccccc1. The Labute approximate surface area is 173 Å². The van der Waals surface area contributed by atoms with Gasteiger partial charge in [-0.25, -0.2) is 8.42 Å². The molecule has 0 saturated carbocycles. The van der Waals surface area contributed by atoms with Crippen molar-refractivity contribution in [1.29, 1.82) is 0 Å². The summed E-state index contributed by atoms with van der Waals surface area (Å²) in [5.74, 6) is -0.759. The highest BCUT2D eigenvalue weighted by Crippen LogP contribution is 2.20. The smallest absolute Gasteiger partial charge is 0.241 e. The lowest BCUT2D eigenvalue weighted by molar-refractivity contribution is -0.122. The second kappa shape index (κ2) is 9.81. The second-order valence-corrected chi connectivity index (χ2v) is 8.83. The van der Waals surface area contributed by atoms with Crippen LogP contribution in [0.5, 0.6) is 0 Å². The minimum atomic E-state index is -3.79. The molecule has 2 aromatic carbocycles. The van der Waals surface area contributed by atoms with Crippen molar-refractivity contribution in [2.45, 2.75) is 31.2 Å². The van der Waals surface area contributed by atoms with Crippen molar-refractivity contribution in [1.82, 2.24) is 10.0 Å². The van der Waals surface area contributed by atoms with E-state index in [9.17, 15) is 18.0 Å². The van der Waals surface area contributed by atoms with E-state index in [0.29, 0.717) is 5.69 Å². The molecule has 0 saturated heterocycles. The minimum Gasteiger partial charge on any atom is -0.354 e. The maximum Gasteiger partial charge on any atom is 0.241 e. The number of hydrogen-bond acceptors (Lipinski definition) is 4. The third-order valence-corrected chi connectivity index (χ3v) is 5.95. The van der Waals surface area contributed by atoms with Gasteiger partial charge in [-0.2, -0.15) is 4.72 Å². The van der Waals surface area contributed by atoms with Gasteiger partial charge in [-0.1, -0.05) is 40.2 Å². The van der Waals surface area contributed by atoms with E-state index < -0.39 is 22.0 Å².